The Kier molecular flexibility index (Phi) is 7.47. The lowest BCUT2D eigenvalue weighted by Gasteiger charge is -2.14. The molecule has 0 bridgehead atoms. The van der Waals surface area contributed by atoms with Gasteiger partial charge in [0.2, 0.25) is 10.0 Å². The summed E-state index contributed by atoms with van der Waals surface area (Å²) in [5.74, 6) is -0.200. The molecule has 0 aromatic heterocycles. The second-order valence-electron chi connectivity index (χ2n) is 5.58. The maximum atomic E-state index is 12.2. The molecule has 4 N–H and O–H groups in total. The number of nitrogens with one attached hydrogen (secondary N) is 2. The van der Waals surface area contributed by atoms with Crippen LogP contribution >= 0.6 is 12.4 Å². The highest BCUT2D eigenvalue weighted by atomic mass is 35.5. The van der Waals surface area contributed by atoms with Gasteiger partial charge >= 0.3 is 0 Å². The van der Waals surface area contributed by atoms with E-state index in [2.05, 4.69) is 10.0 Å². The first-order valence-corrected chi connectivity index (χ1v) is 9.27. The quantitative estimate of drug-likeness (QED) is 0.697. The van der Waals surface area contributed by atoms with E-state index in [4.69, 9.17) is 10.5 Å². The van der Waals surface area contributed by atoms with Crippen molar-refractivity contribution in [3.05, 3.63) is 23.8 Å². The van der Waals surface area contributed by atoms with Crippen molar-refractivity contribution in [1.29, 1.82) is 0 Å². The molecule has 1 aliphatic rings. The number of amides is 1. The molecule has 136 valence electrons. The Morgan fingerprint density at radius 2 is 2.08 bits per heavy atom. The average molecular weight is 378 g/mol. The Hall–Kier alpha value is -1.35. The van der Waals surface area contributed by atoms with Crippen molar-refractivity contribution in [3.63, 3.8) is 0 Å². The SMILES string of the molecule is CCS(=O)(=O)Nc1ccc(NC(=O)[C@@H]2CC[C@H](CN)O2)cc1C.Cl. The van der Waals surface area contributed by atoms with E-state index in [9.17, 15) is 13.2 Å². The minimum absolute atomic E-state index is 0. The average Bonchev–Trinajstić information content (AvgIpc) is 2.99. The van der Waals surface area contributed by atoms with Crippen molar-refractivity contribution in [3.8, 4) is 0 Å². The van der Waals surface area contributed by atoms with Crippen molar-refractivity contribution in [2.75, 3.05) is 22.3 Å². The third kappa shape index (κ3) is 5.34. The number of nitrogens with two attached hydrogens (primary N) is 1. The van der Waals surface area contributed by atoms with Crippen molar-refractivity contribution in [2.45, 2.75) is 38.9 Å². The fraction of sp³-hybridized carbons (Fsp3) is 0.533. The molecule has 0 radical (unpaired) electrons. The van der Waals surface area contributed by atoms with Gasteiger partial charge in [-0.15, -0.1) is 12.4 Å². The summed E-state index contributed by atoms with van der Waals surface area (Å²) in [4.78, 5) is 12.2. The summed E-state index contributed by atoms with van der Waals surface area (Å²) in [6, 6.07) is 5.02. The fourth-order valence-corrected chi connectivity index (χ4v) is 3.10. The van der Waals surface area contributed by atoms with E-state index in [0.29, 0.717) is 24.3 Å². The van der Waals surface area contributed by atoms with E-state index in [0.717, 1.165) is 12.0 Å². The minimum Gasteiger partial charge on any atom is -0.364 e. The third-order valence-corrected chi connectivity index (χ3v) is 5.09. The number of hydrogen-bond acceptors (Lipinski definition) is 5. The summed E-state index contributed by atoms with van der Waals surface area (Å²) in [5.41, 5.74) is 7.37. The molecule has 9 heteroatoms. The number of ether oxygens (including phenoxy) is 1. The van der Waals surface area contributed by atoms with Crippen LogP contribution in [0.1, 0.15) is 25.3 Å². The van der Waals surface area contributed by atoms with Gasteiger partial charge in [0, 0.05) is 12.2 Å². The number of aryl methyl sites for hydroxylation is 1. The van der Waals surface area contributed by atoms with Gasteiger partial charge in [0.15, 0.2) is 0 Å². The highest BCUT2D eigenvalue weighted by molar-refractivity contribution is 7.92. The monoisotopic (exact) mass is 377 g/mol. The van der Waals surface area contributed by atoms with Crippen LogP contribution in [-0.4, -0.2) is 38.8 Å². The Morgan fingerprint density at radius 3 is 2.62 bits per heavy atom. The number of rotatable bonds is 6. The Balaban J connectivity index is 0.00000288. The number of benzene rings is 1. The summed E-state index contributed by atoms with van der Waals surface area (Å²) >= 11 is 0. The molecule has 0 saturated carbocycles. The summed E-state index contributed by atoms with van der Waals surface area (Å²) < 4.78 is 31.3. The van der Waals surface area contributed by atoms with Gasteiger partial charge < -0.3 is 15.8 Å². The molecule has 1 fully saturated rings. The zero-order valence-electron chi connectivity index (χ0n) is 13.7. The Labute approximate surface area is 148 Å². The molecule has 1 amide bonds. The van der Waals surface area contributed by atoms with Crippen molar-refractivity contribution in [1.82, 2.24) is 0 Å². The van der Waals surface area contributed by atoms with Crippen LogP contribution in [0.15, 0.2) is 18.2 Å². The lowest BCUT2D eigenvalue weighted by molar-refractivity contribution is -0.126. The van der Waals surface area contributed by atoms with Gasteiger partial charge in [-0.2, -0.15) is 0 Å². The zero-order chi connectivity index (χ0) is 17.0. The van der Waals surface area contributed by atoms with E-state index in [1.807, 2.05) is 0 Å². The molecule has 2 rings (SSSR count). The van der Waals surface area contributed by atoms with Crippen LogP contribution in [0.3, 0.4) is 0 Å². The topological polar surface area (TPSA) is 111 Å². The highest BCUT2D eigenvalue weighted by Gasteiger charge is 2.29. The number of halogens is 1. The molecule has 1 heterocycles. The van der Waals surface area contributed by atoms with Crippen LogP contribution < -0.4 is 15.8 Å². The minimum atomic E-state index is -3.32. The number of carbonyl (C=O) groups excluding carboxylic acids is 1. The molecule has 0 unspecified atom stereocenters. The summed E-state index contributed by atoms with van der Waals surface area (Å²) in [5, 5.41) is 2.79. The molecular formula is C15H24ClN3O4S. The molecule has 2 atom stereocenters. The fourth-order valence-electron chi connectivity index (χ4n) is 2.39. The van der Waals surface area contributed by atoms with Crippen LogP contribution in [0.5, 0.6) is 0 Å². The molecule has 1 aromatic rings. The van der Waals surface area contributed by atoms with Crippen molar-refractivity contribution >= 4 is 39.7 Å². The summed E-state index contributed by atoms with van der Waals surface area (Å²) in [7, 11) is -3.32. The molecule has 24 heavy (non-hydrogen) atoms. The highest BCUT2D eigenvalue weighted by Crippen LogP contribution is 2.23. The van der Waals surface area contributed by atoms with Crippen LogP contribution in [0.25, 0.3) is 0 Å². The molecule has 0 aliphatic carbocycles. The Morgan fingerprint density at radius 1 is 1.38 bits per heavy atom. The van der Waals surface area contributed by atoms with Crippen LogP contribution in [0, 0.1) is 6.92 Å². The van der Waals surface area contributed by atoms with E-state index >= 15 is 0 Å². The first kappa shape index (κ1) is 20.7. The second-order valence-corrected chi connectivity index (χ2v) is 7.60. The molecule has 0 spiro atoms. The lowest BCUT2D eigenvalue weighted by atomic mass is 10.1. The Bertz CT molecular complexity index is 681. The van der Waals surface area contributed by atoms with E-state index in [1.54, 1.807) is 32.0 Å². The smallest absolute Gasteiger partial charge is 0.253 e. The van der Waals surface area contributed by atoms with Gasteiger partial charge in [0.25, 0.3) is 5.91 Å². The van der Waals surface area contributed by atoms with Crippen LogP contribution in [0.4, 0.5) is 11.4 Å². The molecule has 1 aliphatic heterocycles. The number of anilines is 2. The first-order valence-electron chi connectivity index (χ1n) is 7.62. The van der Waals surface area contributed by atoms with Gasteiger partial charge in [-0.05, 0) is 50.5 Å². The maximum absolute atomic E-state index is 12.2. The normalized spacial score (nSPS) is 20.3. The predicted molar refractivity (Wildman–Crippen MR) is 97.1 cm³/mol. The standard InChI is InChI=1S/C15H23N3O4S.ClH/c1-3-23(20,21)18-13-6-4-11(8-10(13)2)17-15(19)14-7-5-12(9-16)22-14;/h4,6,8,12,14,18H,3,5,7,9,16H2,1-2H3,(H,17,19);1H/t12-,14+;/m1./s1. The predicted octanol–water partition coefficient (Wildman–Crippen LogP) is 1.62. The van der Waals surface area contributed by atoms with Gasteiger partial charge in [-0.3, -0.25) is 9.52 Å². The van der Waals surface area contributed by atoms with E-state index < -0.39 is 16.1 Å². The summed E-state index contributed by atoms with van der Waals surface area (Å²) in [6.45, 7) is 3.76. The maximum Gasteiger partial charge on any atom is 0.253 e. The number of sulfonamides is 1. The number of carbonyl (C=O) groups is 1. The largest absolute Gasteiger partial charge is 0.364 e. The van der Waals surface area contributed by atoms with Gasteiger partial charge in [-0.25, -0.2) is 8.42 Å². The van der Waals surface area contributed by atoms with Crippen molar-refractivity contribution in [2.24, 2.45) is 5.73 Å². The van der Waals surface area contributed by atoms with Gasteiger partial charge in [-0.1, -0.05) is 0 Å². The molecule has 1 saturated heterocycles. The van der Waals surface area contributed by atoms with Gasteiger partial charge in [0.05, 0.1) is 17.5 Å². The molecule has 7 nitrogen and oxygen atoms in total. The van der Waals surface area contributed by atoms with Crippen LogP contribution in [-0.2, 0) is 19.6 Å². The van der Waals surface area contributed by atoms with E-state index in [1.165, 1.54) is 0 Å². The second kappa shape index (κ2) is 8.66. The van der Waals surface area contributed by atoms with Crippen LogP contribution in [0.2, 0.25) is 0 Å². The van der Waals surface area contributed by atoms with Gasteiger partial charge in [0.1, 0.15) is 6.10 Å². The lowest BCUT2D eigenvalue weighted by Crippen LogP contribution is -2.29. The zero-order valence-corrected chi connectivity index (χ0v) is 15.4. The first-order chi connectivity index (χ1) is 10.8. The molecular weight excluding hydrogens is 354 g/mol. The third-order valence-electron chi connectivity index (χ3n) is 3.80. The summed E-state index contributed by atoms with van der Waals surface area (Å²) in [6.07, 6.45) is 0.896. The number of hydrogen-bond donors (Lipinski definition) is 3. The molecule has 1 aromatic carbocycles. The van der Waals surface area contributed by atoms with E-state index in [-0.39, 0.29) is 30.2 Å². The van der Waals surface area contributed by atoms with Crippen molar-refractivity contribution < 1.29 is 17.9 Å².